The first-order valence-corrected chi connectivity index (χ1v) is 6.22. The van der Waals surface area contributed by atoms with Gasteiger partial charge in [0.25, 0.3) is 0 Å². The van der Waals surface area contributed by atoms with Crippen molar-refractivity contribution in [1.29, 1.82) is 0 Å². The van der Waals surface area contributed by atoms with Crippen molar-refractivity contribution in [2.75, 3.05) is 6.73 Å². The van der Waals surface area contributed by atoms with Crippen LogP contribution in [0.2, 0.25) is 10.0 Å². The molecule has 0 aliphatic rings. The molecule has 0 fully saturated rings. The van der Waals surface area contributed by atoms with Gasteiger partial charge < -0.3 is 10.5 Å². The monoisotopic (exact) mass is 295 g/mol. The van der Waals surface area contributed by atoms with Gasteiger partial charge in [-0.1, -0.05) is 35.3 Å². The van der Waals surface area contributed by atoms with Gasteiger partial charge in [0.2, 0.25) is 0 Å². The van der Waals surface area contributed by atoms with Crippen LogP contribution in [-0.4, -0.2) is 17.6 Å². The van der Waals surface area contributed by atoms with Gasteiger partial charge in [-0.05, 0) is 24.3 Å². The number of aliphatic imine (C=N–C) groups is 1. The second-order valence-corrected chi connectivity index (χ2v) is 4.40. The van der Waals surface area contributed by atoms with Crippen molar-refractivity contribution in [3.8, 4) is 5.75 Å². The molecule has 2 aromatic rings. The fourth-order valence-electron chi connectivity index (χ4n) is 1.38. The van der Waals surface area contributed by atoms with E-state index in [2.05, 4.69) is 9.98 Å². The van der Waals surface area contributed by atoms with Gasteiger partial charge in [0.05, 0.1) is 10.0 Å². The molecular formula is C13H11Cl2N3O. The van der Waals surface area contributed by atoms with Crippen molar-refractivity contribution in [2.45, 2.75) is 0 Å². The lowest BCUT2D eigenvalue weighted by atomic mass is 10.3. The molecule has 0 saturated carbocycles. The summed E-state index contributed by atoms with van der Waals surface area (Å²) in [5.74, 6) is 0.687. The van der Waals surface area contributed by atoms with E-state index >= 15 is 0 Å². The average Bonchev–Trinajstić information content (AvgIpc) is 2.43. The predicted octanol–water partition coefficient (Wildman–Crippen LogP) is 3.13. The molecule has 1 aromatic carbocycles. The highest BCUT2D eigenvalue weighted by Gasteiger charge is 2.06. The van der Waals surface area contributed by atoms with Gasteiger partial charge in [-0.15, -0.1) is 0 Å². The molecule has 0 amide bonds. The molecule has 1 heterocycles. The SMILES string of the molecule is NC(=NCOc1c(Cl)cccc1Cl)c1ccccn1. The van der Waals surface area contributed by atoms with E-state index in [1.165, 1.54) is 0 Å². The van der Waals surface area contributed by atoms with Gasteiger partial charge in [-0.3, -0.25) is 4.98 Å². The average molecular weight is 296 g/mol. The van der Waals surface area contributed by atoms with E-state index in [9.17, 15) is 0 Å². The summed E-state index contributed by atoms with van der Waals surface area (Å²) < 4.78 is 5.40. The van der Waals surface area contributed by atoms with Crippen LogP contribution in [0.25, 0.3) is 0 Å². The molecule has 0 aliphatic heterocycles. The van der Waals surface area contributed by atoms with Gasteiger partial charge in [0, 0.05) is 6.20 Å². The summed E-state index contributed by atoms with van der Waals surface area (Å²) >= 11 is 11.9. The molecule has 2 N–H and O–H groups in total. The summed E-state index contributed by atoms with van der Waals surface area (Å²) in [5, 5.41) is 0.859. The van der Waals surface area contributed by atoms with Crippen LogP contribution in [0.5, 0.6) is 5.75 Å². The van der Waals surface area contributed by atoms with Crippen LogP contribution in [-0.2, 0) is 0 Å². The topological polar surface area (TPSA) is 60.5 Å². The van der Waals surface area contributed by atoms with Crippen LogP contribution in [0.4, 0.5) is 0 Å². The summed E-state index contributed by atoms with van der Waals surface area (Å²) in [6.07, 6.45) is 1.64. The van der Waals surface area contributed by atoms with Crippen molar-refractivity contribution < 1.29 is 4.74 Å². The zero-order valence-corrected chi connectivity index (χ0v) is 11.4. The highest BCUT2D eigenvalue weighted by atomic mass is 35.5. The molecule has 4 nitrogen and oxygen atoms in total. The van der Waals surface area contributed by atoms with Crippen molar-refractivity contribution in [3.05, 3.63) is 58.3 Å². The van der Waals surface area contributed by atoms with Crippen molar-refractivity contribution >= 4 is 29.0 Å². The summed E-state index contributed by atoms with van der Waals surface area (Å²) in [6, 6.07) is 10.5. The summed E-state index contributed by atoms with van der Waals surface area (Å²) in [5.41, 5.74) is 6.37. The van der Waals surface area contributed by atoms with Gasteiger partial charge in [0.1, 0.15) is 11.5 Å². The maximum absolute atomic E-state index is 5.96. The lowest BCUT2D eigenvalue weighted by Gasteiger charge is -2.07. The standard InChI is InChI=1S/C13H11Cl2N3O/c14-9-4-3-5-10(15)12(9)19-8-18-13(16)11-6-1-2-7-17-11/h1-7H,8H2,(H2,16,18). The lowest BCUT2D eigenvalue weighted by molar-refractivity contribution is 0.331. The minimum atomic E-state index is 0.0197. The number of amidine groups is 1. The van der Waals surface area contributed by atoms with Crippen molar-refractivity contribution in [1.82, 2.24) is 4.98 Å². The molecule has 0 radical (unpaired) electrons. The number of para-hydroxylation sites is 1. The van der Waals surface area contributed by atoms with E-state index in [1.807, 2.05) is 6.07 Å². The summed E-state index contributed by atoms with van der Waals surface area (Å²) in [7, 11) is 0. The number of nitrogens with zero attached hydrogens (tertiary/aromatic N) is 2. The Labute approximate surface area is 120 Å². The highest BCUT2D eigenvalue weighted by molar-refractivity contribution is 6.37. The van der Waals surface area contributed by atoms with Gasteiger partial charge in [-0.2, -0.15) is 0 Å². The summed E-state index contributed by atoms with van der Waals surface area (Å²) in [4.78, 5) is 8.14. The van der Waals surface area contributed by atoms with E-state index in [1.54, 1.807) is 36.5 Å². The number of rotatable bonds is 4. The maximum atomic E-state index is 5.96. The summed E-state index contributed by atoms with van der Waals surface area (Å²) in [6.45, 7) is 0.0197. The van der Waals surface area contributed by atoms with Crippen molar-refractivity contribution in [2.24, 2.45) is 10.7 Å². The Morgan fingerprint density at radius 1 is 1.16 bits per heavy atom. The molecule has 0 saturated heterocycles. The van der Waals surface area contributed by atoms with Crippen LogP contribution in [0.1, 0.15) is 5.69 Å². The Bertz CT molecular complexity index is 567. The predicted molar refractivity (Wildman–Crippen MR) is 76.9 cm³/mol. The second kappa shape index (κ2) is 6.41. The zero-order valence-electron chi connectivity index (χ0n) is 9.88. The number of benzene rings is 1. The number of nitrogens with two attached hydrogens (primary N) is 1. The molecule has 98 valence electrons. The smallest absolute Gasteiger partial charge is 0.181 e. The second-order valence-electron chi connectivity index (χ2n) is 3.58. The van der Waals surface area contributed by atoms with E-state index in [4.69, 9.17) is 33.7 Å². The molecule has 19 heavy (non-hydrogen) atoms. The van der Waals surface area contributed by atoms with E-state index in [-0.39, 0.29) is 6.73 Å². The molecule has 0 aliphatic carbocycles. The minimum Gasteiger partial charge on any atom is -0.468 e. The van der Waals surface area contributed by atoms with Gasteiger partial charge >= 0.3 is 0 Å². The van der Waals surface area contributed by atoms with E-state index in [0.717, 1.165) is 0 Å². The third-order valence-electron chi connectivity index (χ3n) is 2.29. The largest absolute Gasteiger partial charge is 0.468 e. The molecule has 6 heteroatoms. The molecule has 1 aromatic heterocycles. The number of hydrogen-bond donors (Lipinski definition) is 1. The number of halogens is 2. The first kappa shape index (κ1) is 13.6. The minimum absolute atomic E-state index is 0.0197. The fourth-order valence-corrected chi connectivity index (χ4v) is 1.89. The Morgan fingerprint density at radius 2 is 1.89 bits per heavy atom. The first-order valence-electron chi connectivity index (χ1n) is 5.46. The van der Waals surface area contributed by atoms with Crippen molar-refractivity contribution in [3.63, 3.8) is 0 Å². The Hall–Kier alpha value is -1.78. The maximum Gasteiger partial charge on any atom is 0.181 e. The number of pyridine rings is 1. The lowest BCUT2D eigenvalue weighted by Crippen LogP contribution is -2.16. The van der Waals surface area contributed by atoms with E-state index in [0.29, 0.717) is 27.3 Å². The molecule has 0 unspecified atom stereocenters. The van der Waals surface area contributed by atoms with Crippen LogP contribution in [0.15, 0.2) is 47.6 Å². The van der Waals surface area contributed by atoms with Crippen LogP contribution >= 0.6 is 23.2 Å². The third-order valence-corrected chi connectivity index (χ3v) is 2.89. The molecule has 2 rings (SSSR count). The number of hydrogen-bond acceptors (Lipinski definition) is 3. The van der Waals surface area contributed by atoms with Crippen LogP contribution < -0.4 is 10.5 Å². The van der Waals surface area contributed by atoms with Crippen LogP contribution in [0, 0.1) is 0 Å². The third kappa shape index (κ3) is 3.59. The fraction of sp³-hybridized carbons (Fsp3) is 0.0769. The van der Waals surface area contributed by atoms with Gasteiger partial charge in [0.15, 0.2) is 12.5 Å². The zero-order chi connectivity index (χ0) is 13.7. The number of ether oxygens (including phenoxy) is 1. The Kier molecular flexibility index (Phi) is 4.60. The molecule has 0 bridgehead atoms. The Balaban J connectivity index is 2.04. The molecule has 0 spiro atoms. The molecule has 0 atom stereocenters. The normalized spacial score (nSPS) is 11.4. The number of aromatic nitrogens is 1. The quantitative estimate of drug-likeness (QED) is 0.696. The van der Waals surface area contributed by atoms with E-state index < -0.39 is 0 Å². The van der Waals surface area contributed by atoms with Gasteiger partial charge in [-0.25, -0.2) is 4.99 Å². The Morgan fingerprint density at radius 3 is 2.53 bits per heavy atom. The first-order chi connectivity index (χ1) is 9.18. The molecular weight excluding hydrogens is 285 g/mol. The highest BCUT2D eigenvalue weighted by Crippen LogP contribution is 2.32. The van der Waals surface area contributed by atoms with Crippen LogP contribution in [0.3, 0.4) is 0 Å².